The lowest BCUT2D eigenvalue weighted by Gasteiger charge is -2.28. The van der Waals surface area contributed by atoms with Gasteiger partial charge in [-0.2, -0.15) is 0 Å². The highest BCUT2D eigenvalue weighted by Gasteiger charge is 2.23. The summed E-state index contributed by atoms with van der Waals surface area (Å²) in [4.78, 5) is 0. The standard InChI is InChI=1S/C14H21ClO/c1-10(2)12-7-6-8-13(9-12)14(4,5)16-11(3)15/h6-11H,1-5H3. The summed E-state index contributed by atoms with van der Waals surface area (Å²) in [5.41, 5.74) is 1.88. The second-order valence-corrected chi connectivity index (χ2v) is 5.57. The highest BCUT2D eigenvalue weighted by Crippen LogP contribution is 2.29. The SMILES string of the molecule is CC(Cl)OC(C)(C)c1cccc(C(C)C)c1. The van der Waals surface area contributed by atoms with Crippen molar-refractivity contribution in [2.45, 2.75) is 51.7 Å². The Bertz CT molecular complexity index is 342. The summed E-state index contributed by atoms with van der Waals surface area (Å²) in [6.45, 7) is 10.3. The van der Waals surface area contributed by atoms with Gasteiger partial charge in [0.25, 0.3) is 0 Å². The lowest BCUT2D eigenvalue weighted by molar-refractivity contribution is -0.0336. The minimum atomic E-state index is -0.341. The molecule has 0 spiro atoms. The molecule has 1 unspecified atom stereocenters. The van der Waals surface area contributed by atoms with Crippen LogP contribution in [0.1, 0.15) is 51.7 Å². The first-order valence-corrected chi connectivity index (χ1v) is 6.19. The van der Waals surface area contributed by atoms with Crippen LogP contribution in [0.3, 0.4) is 0 Å². The second kappa shape index (κ2) is 5.20. The molecule has 0 saturated heterocycles. The zero-order valence-electron chi connectivity index (χ0n) is 10.8. The van der Waals surface area contributed by atoms with E-state index in [0.717, 1.165) is 0 Å². The minimum absolute atomic E-state index is 0.280. The van der Waals surface area contributed by atoms with Gasteiger partial charge in [-0.1, -0.05) is 49.7 Å². The van der Waals surface area contributed by atoms with Crippen molar-refractivity contribution in [3.63, 3.8) is 0 Å². The van der Waals surface area contributed by atoms with Gasteiger partial charge in [0.15, 0.2) is 0 Å². The van der Waals surface area contributed by atoms with Crippen LogP contribution in [0.2, 0.25) is 0 Å². The highest BCUT2D eigenvalue weighted by molar-refractivity contribution is 6.19. The summed E-state index contributed by atoms with van der Waals surface area (Å²) >= 11 is 5.89. The average molecular weight is 241 g/mol. The normalized spacial score (nSPS) is 14.2. The summed E-state index contributed by atoms with van der Waals surface area (Å²) in [7, 11) is 0. The molecule has 90 valence electrons. The summed E-state index contributed by atoms with van der Waals surface area (Å²) in [5.74, 6) is 0.532. The highest BCUT2D eigenvalue weighted by atomic mass is 35.5. The fourth-order valence-corrected chi connectivity index (χ4v) is 1.97. The average Bonchev–Trinajstić information content (AvgIpc) is 2.16. The number of hydrogen-bond acceptors (Lipinski definition) is 1. The van der Waals surface area contributed by atoms with E-state index in [4.69, 9.17) is 16.3 Å². The molecule has 0 bridgehead atoms. The number of hydrogen-bond donors (Lipinski definition) is 0. The van der Waals surface area contributed by atoms with Crippen molar-refractivity contribution in [1.82, 2.24) is 0 Å². The van der Waals surface area contributed by atoms with E-state index >= 15 is 0 Å². The largest absolute Gasteiger partial charge is 0.352 e. The molecule has 1 rings (SSSR count). The zero-order valence-corrected chi connectivity index (χ0v) is 11.5. The molecule has 1 aromatic carbocycles. The maximum absolute atomic E-state index is 5.89. The third kappa shape index (κ3) is 3.50. The predicted octanol–water partition coefficient (Wildman–Crippen LogP) is 4.65. The van der Waals surface area contributed by atoms with Crippen LogP contribution in [-0.2, 0) is 10.3 Å². The molecule has 0 fully saturated rings. The van der Waals surface area contributed by atoms with Crippen LogP contribution in [0.15, 0.2) is 24.3 Å². The smallest absolute Gasteiger partial charge is 0.129 e. The number of halogens is 1. The Morgan fingerprint density at radius 3 is 2.31 bits per heavy atom. The summed E-state index contributed by atoms with van der Waals surface area (Å²) in [6.07, 6.45) is 0. The van der Waals surface area contributed by atoms with Crippen LogP contribution >= 0.6 is 11.6 Å². The molecule has 0 aromatic heterocycles. The lowest BCUT2D eigenvalue weighted by Crippen LogP contribution is -2.24. The van der Waals surface area contributed by atoms with Crippen LogP contribution in [0.25, 0.3) is 0 Å². The lowest BCUT2D eigenvalue weighted by atomic mass is 9.93. The fraction of sp³-hybridized carbons (Fsp3) is 0.571. The number of rotatable bonds is 4. The van der Waals surface area contributed by atoms with E-state index in [0.29, 0.717) is 5.92 Å². The Labute approximate surface area is 104 Å². The van der Waals surface area contributed by atoms with Crippen LogP contribution in [0.5, 0.6) is 0 Å². The number of ether oxygens (including phenoxy) is 1. The van der Waals surface area contributed by atoms with Crippen LogP contribution in [0, 0.1) is 0 Å². The van der Waals surface area contributed by atoms with Crippen LogP contribution in [0.4, 0.5) is 0 Å². The molecule has 0 aliphatic carbocycles. The Morgan fingerprint density at radius 1 is 1.19 bits per heavy atom. The third-order valence-corrected chi connectivity index (χ3v) is 2.79. The molecule has 0 radical (unpaired) electrons. The molecule has 1 aromatic rings. The molecule has 0 N–H and O–H groups in total. The first kappa shape index (κ1) is 13.5. The van der Waals surface area contributed by atoms with Crippen LogP contribution < -0.4 is 0 Å². The molecule has 1 atom stereocenters. The monoisotopic (exact) mass is 240 g/mol. The maximum atomic E-state index is 5.89. The van der Waals surface area contributed by atoms with E-state index in [1.54, 1.807) is 0 Å². The molecule has 0 aliphatic heterocycles. The molecule has 1 nitrogen and oxygen atoms in total. The van der Waals surface area contributed by atoms with Crippen molar-refractivity contribution in [1.29, 1.82) is 0 Å². The van der Waals surface area contributed by atoms with E-state index in [1.807, 2.05) is 20.8 Å². The molecule has 0 aliphatic rings. The molecule has 0 amide bonds. The quantitative estimate of drug-likeness (QED) is 0.697. The van der Waals surface area contributed by atoms with E-state index < -0.39 is 0 Å². The van der Waals surface area contributed by atoms with Gasteiger partial charge in [-0.05, 0) is 37.8 Å². The van der Waals surface area contributed by atoms with Gasteiger partial charge < -0.3 is 4.74 Å². The van der Waals surface area contributed by atoms with Gasteiger partial charge in [-0.3, -0.25) is 0 Å². The first-order chi connectivity index (χ1) is 7.33. The van der Waals surface area contributed by atoms with Gasteiger partial charge in [0.05, 0.1) is 5.60 Å². The van der Waals surface area contributed by atoms with Crippen molar-refractivity contribution in [3.05, 3.63) is 35.4 Å². The summed E-state index contributed by atoms with van der Waals surface area (Å²) < 4.78 is 5.72. The van der Waals surface area contributed by atoms with Gasteiger partial charge in [-0.25, -0.2) is 0 Å². The first-order valence-electron chi connectivity index (χ1n) is 5.75. The van der Waals surface area contributed by atoms with E-state index in [9.17, 15) is 0 Å². The second-order valence-electron chi connectivity index (χ2n) is 4.95. The van der Waals surface area contributed by atoms with E-state index in [-0.39, 0.29) is 11.2 Å². The van der Waals surface area contributed by atoms with Crippen LogP contribution in [-0.4, -0.2) is 5.56 Å². The Kier molecular flexibility index (Phi) is 4.40. The van der Waals surface area contributed by atoms with Gasteiger partial charge >= 0.3 is 0 Å². The fourth-order valence-electron chi connectivity index (χ4n) is 1.75. The van der Waals surface area contributed by atoms with Crippen molar-refractivity contribution in [2.75, 3.05) is 0 Å². The Hall–Kier alpha value is -0.530. The molecule has 0 saturated carbocycles. The maximum Gasteiger partial charge on any atom is 0.129 e. The molecular weight excluding hydrogens is 220 g/mol. The van der Waals surface area contributed by atoms with E-state index in [2.05, 4.69) is 38.1 Å². The van der Waals surface area contributed by atoms with Crippen molar-refractivity contribution in [3.8, 4) is 0 Å². The summed E-state index contributed by atoms with van der Waals surface area (Å²) in [6, 6.07) is 8.51. The van der Waals surface area contributed by atoms with Gasteiger partial charge in [-0.15, -0.1) is 0 Å². The number of benzene rings is 1. The molecule has 0 heterocycles. The predicted molar refractivity (Wildman–Crippen MR) is 70.0 cm³/mol. The Balaban J connectivity index is 2.98. The summed E-state index contributed by atoms with van der Waals surface area (Å²) in [5, 5.41) is 0. The molecular formula is C14H21ClO. The van der Waals surface area contributed by atoms with Gasteiger partial charge in [0.1, 0.15) is 5.56 Å². The molecule has 16 heavy (non-hydrogen) atoms. The van der Waals surface area contributed by atoms with Crippen molar-refractivity contribution >= 4 is 11.6 Å². The number of alkyl halides is 1. The molecule has 2 heteroatoms. The van der Waals surface area contributed by atoms with Gasteiger partial charge in [0, 0.05) is 0 Å². The van der Waals surface area contributed by atoms with Gasteiger partial charge in [0.2, 0.25) is 0 Å². The minimum Gasteiger partial charge on any atom is -0.352 e. The van der Waals surface area contributed by atoms with E-state index in [1.165, 1.54) is 11.1 Å². The van der Waals surface area contributed by atoms with Crippen molar-refractivity contribution in [2.24, 2.45) is 0 Å². The van der Waals surface area contributed by atoms with Crippen molar-refractivity contribution < 1.29 is 4.74 Å². The topological polar surface area (TPSA) is 9.23 Å². The Morgan fingerprint density at radius 2 is 1.81 bits per heavy atom. The third-order valence-electron chi connectivity index (χ3n) is 2.71. The zero-order chi connectivity index (χ0) is 12.3.